The number of hydrogen-bond acceptors (Lipinski definition) is 1. The van der Waals surface area contributed by atoms with Crippen LogP contribution in [0.4, 0.5) is 0 Å². The summed E-state index contributed by atoms with van der Waals surface area (Å²) < 4.78 is 0. The fraction of sp³-hybridized carbons (Fsp3) is 0.647. The fourth-order valence-corrected chi connectivity index (χ4v) is 2.80. The first kappa shape index (κ1) is 16.4. The lowest BCUT2D eigenvalue weighted by Gasteiger charge is -2.15. The van der Waals surface area contributed by atoms with Gasteiger partial charge in [0, 0.05) is 5.88 Å². The smallest absolute Gasteiger partial charge is 0.119 e. The van der Waals surface area contributed by atoms with Crippen molar-refractivity contribution in [2.45, 2.75) is 71.1 Å². The molecule has 0 unspecified atom stereocenters. The molecule has 0 aliphatic carbocycles. The quantitative estimate of drug-likeness (QED) is 0.462. The molecular formula is C17H27ClO. The van der Waals surface area contributed by atoms with Crippen molar-refractivity contribution in [2.75, 3.05) is 0 Å². The molecule has 0 atom stereocenters. The van der Waals surface area contributed by atoms with Crippen LogP contribution < -0.4 is 0 Å². The van der Waals surface area contributed by atoms with Gasteiger partial charge < -0.3 is 5.11 Å². The zero-order valence-corrected chi connectivity index (χ0v) is 13.1. The summed E-state index contributed by atoms with van der Waals surface area (Å²) in [6.45, 7) is 4.42. The minimum Gasteiger partial charge on any atom is -0.508 e. The minimum absolute atomic E-state index is 0.455. The molecule has 2 heteroatoms. The number of halogens is 1. The minimum atomic E-state index is 0.455. The van der Waals surface area contributed by atoms with E-state index in [9.17, 15) is 5.11 Å². The predicted molar refractivity (Wildman–Crippen MR) is 84.1 cm³/mol. The number of phenols is 1. The van der Waals surface area contributed by atoms with Gasteiger partial charge in [-0.3, -0.25) is 0 Å². The third-order valence-electron chi connectivity index (χ3n) is 3.71. The summed E-state index contributed by atoms with van der Waals surface area (Å²) in [7, 11) is 0. The lowest BCUT2D eigenvalue weighted by atomic mass is 9.92. The SMILES string of the molecule is CCCCCc1c(O)ccc(CCl)c1CCCCC. The van der Waals surface area contributed by atoms with Crippen molar-refractivity contribution in [1.82, 2.24) is 0 Å². The maximum atomic E-state index is 10.1. The predicted octanol–water partition coefficient (Wildman–Crippen LogP) is 5.60. The average Bonchev–Trinajstić information content (AvgIpc) is 2.42. The number of rotatable bonds is 9. The molecule has 1 nitrogen and oxygen atoms in total. The Hall–Kier alpha value is -0.690. The second-order valence-corrected chi connectivity index (χ2v) is 5.52. The van der Waals surface area contributed by atoms with Crippen molar-refractivity contribution in [1.29, 1.82) is 0 Å². The van der Waals surface area contributed by atoms with Crippen LogP contribution in [0.3, 0.4) is 0 Å². The second kappa shape index (κ2) is 9.25. The molecule has 0 fully saturated rings. The van der Waals surface area contributed by atoms with Crippen LogP contribution in [0.25, 0.3) is 0 Å². The van der Waals surface area contributed by atoms with Crippen LogP contribution >= 0.6 is 11.6 Å². The number of aromatic hydroxyl groups is 1. The van der Waals surface area contributed by atoms with Crippen LogP contribution in [0.2, 0.25) is 0 Å². The molecule has 1 aromatic carbocycles. The first-order chi connectivity index (χ1) is 9.24. The molecule has 0 saturated carbocycles. The fourth-order valence-electron chi connectivity index (χ4n) is 2.55. The van der Waals surface area contributed by atoms with E-state index in [1.54, 1.807) is 0 Å². The van der Waals surface area contributed by atoms with Crippen LogP contribution in [0.15, 0.2) is 12.1 Å². The molecule has 108 valence electrons. The van der Waals surface area contributed by atoms with Gasteiger partial charge in [0.05, 0.1) is 0 Å². The van der Waals surface area contributed by atoms with Gasteiger partial charge >= 0.3 is 0 Å². The van der Waals surface area contributed by atoms with Crippen molar-refractivity contribution in [2.24, 2.45) is 0 Å². The van der Waals surface area contributed by atoms with Gasteiger partial charge in [0.1, 0.15) is 5.75 Å². The first-order valence-corrected chi connectivity index (χ1v) is 8.16. The van der Waals surface area contributed by atoms with Crippen LogP contribution in [-0.2, 0) is 18.7 Å². The van der Waals surface area contributed by atoms with E-state index in [1.807, 2.05) is 12.1 Å². The molecule has 19 heavy (non-hydrogen) atoms. The molecule has 1 N–H and O–H groups in total. The summed E-state index contributed by atoms with van der Waals surface area (Å²) in [5, 5.41) is 10.1. The number of phenolic OH excluding ortho intramolecular Hbond substituents is 1. The standard InChI is InChI=1S/C17H27ClO/c1-3-5-7-9-15-14(13-18)11-12-17(19)16(15)10-8-6-4-2/h11-12,19H,3-10,13H2,1-2H3. The van der Waals surface area contributed by atoms with E-state index < -0.39 is 0 Å². The maximum absolute atomic E-state index is 10.1. The number of unbranched alkanes of at least 4 members (excludes halogenated alkanes) is 4. The highest BCUT2D eigenvalue weighted by Crippen LogP contribution is 2.29. The Morgan fingerprint density at radius 2 is 1.47 bits per heavy atom. The van der Waals surface area contributed by atoms with E-state index in [1.165, 1.54) is 43.2 Å². The Labute approximate surface area is 123 Å². The summed E-state index contributed by atoms with van der Waals surface area (Å²) in [6.07, 6.45) is 9.25. The highest BCUT2D eigenvalue weighted by Gasteiger charge is 2.12. The largest absolute Gasteiger partial charge is 0.508 e. The summed E-state index contributed by atoms with van der Waals surface area (Å²) in [5.41, 5.74) is 3.64. The lowest BCUT2D eigenvalue weighted by molar-refractivity contribution is 0.464. The van der Waals surface area contributed by atoms with Gasteiger partial charge in [-0.25, -0.2) is 0 Å². The third kappa shape index (κ3) is 5.06. The van der Waals surface area contributed by atoms with Crippen LogP contribution in [0.1, 0.15) is 69.1 Å². The Morgan fingerprint density at radius 1 is 0.895 bits per heavy atom. The molecule has 0 heterocycles. The van der Waals surface area contributed by atoms with Gasteiger partial charge in [0.15, 0.2) is 0 Å². The molecule has 1 aromatic rings. The van der Waals surface area contributed by atoms with Gasteiger partial charge in [0.25, 0.3) is 0 Å². The van der Waals surface area contributed by atoms with E-state index in [4.69, 9.17) is 11.6 Å². The van der Waals surface area contributed by atoms with Crippen molar-refractivity contribution in [3.8, 4) is 5.75 Å². The maximum Gasteiger partial charge on any atom is 0.119 e. The molecule has 0 spiro atoms. The highest BCUT2D eigenvalue weighted by atomic mass is 35.5. The van der Waals surface area contributed by atoms with Crippen molar-refractivity contribution >= 4 is 11.6 Å². The lowest BCUT2D eigenvalue weighted by Crippen LogP contribution is -2.01. The van der Waals surface area contributed by atoms with E-state index >= 15 is 0 Å². The zero-order chi connectivity index (χ0) is 14.1. The Kier molecular flexibility index (Phi) is 7.97. The van der Waals surface area contributed by atoms with Crippen LogP contribution in [0.5, 0.6) is 5.75 Å². The summed E-state index contributed by atoms with van der Waals surface area (Å²) >= 11 is 6.05. The van der Waals surface area contributed by atoms with Crippen molar-refractivity contribution in [3.05, 3.63) is 28.8 Å². The second-order valence-electron chi connectivity index (χ2n) is 5.25. The van der Waals surface area contributed by atoms with E-state index in [0.29, 0.717) is 11.6 Å². The van der Waals surface area contributed by atoms with Crippen molar-refractivity contribution in [3.63, 3.8) is 0 Å². The van der Waals surface area contributed by atoms with Gasteiger partial charge in [0.2, 0.25) is 0 Å². The molecular weight excluding hydrogens is 256 g/mol. The topological polar surface area (TPSA) is 20.2 Å². The van der Waals surface area contributed by atoms with Gasteiger partial charge in [-0.15, -0.1) is 11.6 Å². The number of alkyl halides is 1. The monoisotopic (exact) mass is 282 g/mol. The highest BCUT2D eigenvalue weighted by molar-refractivity contribution is 6.17. The van der Waals surface area contributed by atoms with Crippen LogP contribution in [0, 0.1) is 0 Å². The van der Waals surface area contributed by atoms with E-state index in [0.717, 1.165) is 24.8 Å². The summed E-state index contributed by atoms with van der Waals surface area (Å²) in [6, 6.07) is 3.79. The normalized spacial score (nSPS) is 10.9. The number of hydrogen-bond donors (Lipinski definition) is 1. The molecule has 0 aliphatic heterocycles. The molecule has 0 radical (unpaired) electrons. The summed E-state index contributed by atoms with van der Waals surface area (Å²) in [4.78, 5) is 0. The molecule has 0 aromatic heterocycles. The average molecular weight is 283 g/mol. The Morgan fingerprint density at radius 3 is 2.00 bits per heavy atom. The van der Waals surface area contributed by atoms with E-state index in [2.05, 4.69) is 13.8 Å². The molecule has 0 aliphatic rings. The van der Waals surface area contributed by atoms with Crippen LogP contribution in [-0.4, -0.2) is 5.11 Å². The van der Waals surface area contributed by atoms with Gasteiger partial charge in [-0.1, -0.05) is 45.6 Å². The van der Waals surface area contributed by atoms with Crippen molar-refractivity contribution < 1.29 is 5.11 Å². The Bertz CT molecular complexity index is 374. The number of benzene rings is 1. The third-order valence-corrected chi connectivity index (χ3v) is 4.00. The van der Waals surface area contributed by atoms with E-state index in [-0.39, 0.29) is 0 Å². The molecule has 0 saturated heterocycles. The van der Waals surface area contributed by atoms with Gasteiger partial charge in [-0.2, -0.15) is 0 Å². The summed E-state index contributed by atoms with van der Waals surface area (Å²) in [5.74, 6) is 0.999. The molecule has 0 amide bonds. The Balaban J connectivity index is 2.88. The molecule has 1 rings (SSSR count). The van der Waals surface area contributed by atoms with Gasteiger partial charge in [-0.05, 0) is 48.4 Å². The zero-order valence-electron chi connectivity index (χ0n) is 12.3. The first-order valence-electron chi connectivity index (χ1n) is 7.63. The molecule has 0 bridgehead atoms.